The van der Waals surface area contributed by atoms with Gasteiger partial charge in [0.25, 0.3) is 0 Å². The van der Waals surface area contributed by atoms with Gasteiger partial charge in [-0.15, -0.1) is 0 Å². The van der Waals surface area contributed by atoms with Crippen molar-refractivity contribution in [2.45, 2.75) is 57.4 Å². The number of halogens is 2. The SMILES string of the molecule is CC(C)(O)[C@](C)(O)c1cc2nc(N3CCN(Cc4ccc(F)cc4F)CC3)c(-c3cnn(C4CC4)c3)nc2cn1. The maximum Gasteiger partial charge on any atom is 0.156 e. The molecule has 0 radical (unpaired) electrons. The molecule has 1 aliphatic heterocycles. The third-order valence-corrected chi connectivity index (χ3v) is 8.10. The molecular weight excluding hydrogens is 516 g/mol. The summed E-state index contributed by atoms with van der Waals surface area (Å²) in [6.45, 7) is 7.57. The average molecular weight is 550 g/mol. The summed E-state index contributed by atoms with van der Waals surface area (Å²) in [5.74, 6) is -0.430. The van der Waals surface area contributed by atoms with Crippen LogP contribution in [0.2, 0.25) is 0 Å². The van der Waals surface area contributed by atoms with E-state index >= 15 is 0 Å². The number of fused-ring (bicyclic) bond motifs is 1. The lowest BCUT2D eigenvalue weighted by molar-refractivity contribution is -0.127. The van der Waals surface area contributed by atoms with Gasteiger partial charge < -0.3 is 15.1 Å². The predicted molar refractivity (Wildman–Crippen MR) is 147 cm³/mol. The highest BCUT2D eigenvalue weighted by atomic mass is 19.1. The van der Waals surface area contributed by atoms with Crippen LogP contribution < -0.4 is 4.90 Å². The van der Waals surface area contributed by atoms with Crippen molar-refractivity contribution < 1.29 is 19.0 Å². The summed E-state index contributed by atoms with van der Waals surface area (Å²) in [6, 6.07) is 5.80. The van der Waals surface area contributed by atoms with E-state index in [0.717, 1.165) is 24.5 Å². The first-order chi connectivity index (χ1) is 19.0. The predicted octanol–water partition coefficient (Wildman–Crippen LogP) is 3.80. The monoisotopic (exact) mass is 549 g/mol. The van der Waals surface area contributed by atoms with Crippen molar-refractivity contribution in [3.63, 3.8) is 0 Å². The van der Waals surface area contributed by atoms with E-state index in [0.29, 0.717) is 72.6 Å². The van der Waals surface area contributed by atoms with Crippen molar-refractivity contribution in [2.75, 3.05) is 31.1 Å². The zero-order valence-electron chi connectivity index (χ0n) is 22.8. The summed E-state index contributed by atoms with van der Waals surface area (Å²) in [7, 11) is 0. The number of anilines is 1. The normalized spacial score (nSPS) is 18.3. The molecule has 2 fully saturated rings. The van der Waals surface area contributed by atoms with Crippen molar-refractivity contribution in [1.82, 2.24) is 29.6 Å². The molecule has 9 nitrogen and oxygen atoms in total. The minimum Gasteiger partial charge on any atom is -0.387 e. The van der Waals surface area contributed by atoms with Crippen LogP contribution in [0.3, 0.4) is 0 Å². The molecule has 1 aromatic carbocycles. The van der Waals surface area contributed by atoms with E-state index in [1.54, 1.807) is 12.3 Å². The average Bonchev–Trinajstić information content (AvgIpc) is 3.65. The molecule has 4 aromatic rings. The van der Waals surface area contributed by atoms with Crippen LogP contribution in [-0.2, 0) is 12.1 Å². The van der Waals surface area contributed by atoms with Crippen LogP contribution in [0.5, 0.6) is 0 Å². The van der Waals surface area contributed by atoms with Gasteiger partial charge >= 0.3 is 0 Å². The Hall–Kier alpha value is -3.54. The third kappa shape index (κ3) is 5.04. The third-order valence-electron chi connectivity index (χ3n) is 8.10. The van der Waals surface area contributed by atoms with Gasteiger partial charge in [0.2, 0.25) is 0 Å². The Morgan fingerprint density at radius 1 is 0.950 bits per heavy atom. The van der Waals surface area contributed by atoms with Gasteiger partial charge in [-0.3, -0.25) is 14.6 Å². The van der Waals surface area contributed by atoms with Crippen LogP contribution in [0.15, 0.2) is 42.9 Å². The minimum atomic E-state index is -1.60. The van der Waals surface area contributed by atoms with Crippen molar-refractivity contribution >= 4 is 16.9 Å². The maximum absolute atomic E-state index is 14.2. The Kier molecular flexibility index (Phi) is 6.55. The molecule has 0 amide bonds. The molecule has 2 aliphatic rings. The zero-order chi connectivity index (χ0) is 28.2. The number of pyridine rings is 1. The van der Waals surface area contributed by atoms with E-state index in [2.05, 4.69) is 19.9 Å². The van der Waals surface area contributed by atoms with Crippen molar-refractivity contribution in [1.29, 1.82) is 0 Å². The highest BCUT2D eigenvalue weighted by Crippen LogP contribution is 2.37. The molecule has 0 unspecified atom stereocenters. The van der Waals surface area contributed by atoms with Crippen LogP contribution in [0.4, 0.5) is 14.6 Å². The largest absolute Gasteiger partial charge is 0.387 e. The van der Waals surface area contributed by atoms with E-state index in [9.17, 15) is 19.0 Å². The van der Waals surface area contributed by atoms with Crippen LogP contribution >= 0.6 is 0 Å². The summed E-state index contributed by atoms with van der Waals surface area (Å²) in [6.07, 6.45) is 7.62. The van der Waals surface area contributed by atoms with E-state index < -0.39 is 22.8 Å². The van der Waals surface area contributed by atoms with Gasteiger partial charge in [0.05, 0.1) is 35.2 Å². The summed E-state index contributed by atoms with van der Waals surface area (Å²) in [5.41, 5.74) is 0.412. The van der Waals surface area contributed by atoms with Gasteiger partial charge in [-0.2, -0.15) is 5.10 Å². The number of nitrogens with zero attached hydrogens (tertiary/aromatic N) is 7. The fourth-order valence-corrected chi connectivity index (χ4v) is 4.95. The first kappa shape index (κ1) is 26.7. The topological polar surface area (TPSA) is 103 Å². The minimum absolute atomic E-state index is 0.299. The highest BCUT2D eigenvalue weighted by Gasteiger charge is 2.41. The quantitative estimate of drug-likeness (QED) is 0.359. The summed E-state index contributed by atoms with van der Waals surface area (Å²) >= 11 is 0. The van der Waals surface area contributed by atoms with Gasteiger partial charge in [0.1, 0.15) is 28.4 Å². The number of aromatic nitrogens is 5. The van der Waals surface area contributed by atoms with Gasteiger partial charge in [-0.05, 0) is 45.7 Å². The molecule has 6 rings (SSSR count). The fourth-order valence-electron chi connectivity index (χ4n) is 4.95. The van der Waals surface area contributed by atoms with Crippen LogP contribution in [-0.4, -0.2) is 71.6 Å². The molecule has 1 atom stereocenters. The summed E-state index contributed by atoms with van der Waals surface area (Å²) < 4.78 is 29.6. The second-order valence-electron chi connectivity index (χ2n) is 11.5. The van der Waals surface area contributed by atoms with Gasteiger partial charge in [0.15, 0.2) is 5.82 Å². The van der Waals surface area contributed by atoms with Gasteiger partial charge in [-0.25, -0.2) is 18.7 Å². The maximum atomic E-state index is 14.2. The van der Waals surface area contributed by atoms with Crippen LogP contribution in [0.1, 0.15) is 50.9 Å². The Labute approximate surface area is 231 Å². The molecule has 11 heteroatoms. The molecule has 0 bridgehead atoms. The van der Waals surface area contributed by atoms with Crippen LogP contribution in [0.25, 0.3) is 22.3 Å². The van der Waals surface area contributed by atoms with Crippen molar-refractivity contribution in [2.24, 2.45) is 0 Å². The second-order valence-corrected chi connectivity index (χ2v) is 11.5. The molecule has 0 spiro atoms. The molecule has 210 valence electrons. The first-order valence-corrected chi connectivity index (χ1v) is 13.6. The molecule has 1 saturated carbocycles. The standard InChI is InChI=1S/C29H33F2N7O2/c1-28(2,39)29(3,40)25-13-23-24(15-32-25)34-26(19-14-33-38(17-19)21-6-7-21)27(35-23)37-10-8-36(9-11-37)16-18-4-5-20(30)12-22(18)31/h4-5,12-15,17,21,39-40H,6-11,16H2,1-3H3/t29-/m1/s1. The molecule has 4 heterocycles. The molecule has 40 heavy (non-hydrogen) atoms. The molecule has 1 saturated heterocycles. The number of piperazine rings is 1. The molecule has 1 aliphatic carbocycles. The second kappa shape index (κ2) is 9.83. The van der Waals surface area contributed by atoms with E-state index in [-0.39, 0.29) is 0 Å². The number of hydrogen-bond donors (Lipinski definition) is 2. The lowest BCUT2D eigenvalue weighted by Gasteiger charge is -2.36. The van der Waals surface area contributed by atoms with Gasteiger partial charge in [-0.1, -0.05) is 6.07 Å². The lowest BCUT2D eigenvalue weighted by Crippen LogP contribution is -2.46. The lowest BCUT2D eigenvalue weighted by atomic mass is 9.84. The number of benzene rings is 1. The van der Waals surface area contributed by atoms with E-state index in [1.165, 1.54) is 32.9 Å². The molecule has 3 aromatic heterocycles. The zero-order valence-corrected chi connectivity index (χ0v) is 22.8. The van der Waals surface area contributed by atoms with Crippen molar-refractivity contribution in [3.05, 3.63) is 65.7 Å². The molecule has 2 N–H and O–H groups in total. The highest BCUT2D eigenvalue weighted by molar-refractivity contribution is 5.83. The number of aliphatic hydroxyl groups is 2. The first-order valence-electron chi connectivity index (χ1n) is 13.6. The summed E-state index contributed by atoms with van der Waals surface area (Å²) in [4.78, 5) is 18.7. The smallest absolute Gasteiger partial charge is 0.156 e. The van der Waals surface area contributed by atoms with Crippen molar-refractivity contribution in [3.8, 4) is 11.3 Å². The van der Waals surface area contributed by atoms with E-state index in [1.807, 2.05) is 17.1 Å². The van der Waals surface area contributed by atoms with Crippen LogP contribution in [0, 0.1) is 11.6 Å². The molecular formula is C29H33F2N7O2. The number of hydrogen-bond acceptors (Lipinski definition) is 8. The van der Waals surface area contributed by atoms with Gasteiger partial charge in [0, 0.05) is 56.1 Å². The number of rotatable bonds is 7. The fraction of sp³-hybridized carbons (Fsp3) is 0.448. The Bertz CT molecular complexity index is 1550. The summed E-state index contributed by atoms with van der Waals surface area (Å²) in [5, 5.41) is 26.1. The Balaban J connectivity index is 1.33. The Morgan fingerprint density at radius 2 is 1.70 bits per heavy atom. The van der Waals surface area contributed by atoms with E-state index in [4.69, 9.17) is 9.97 Å². The Morgan fingerprint density at radius 3 is 2.38 bits per heavy atom.